The van der Waals surface area contributed by atoms with Gasteiger partial charge in [-0.25, -0.2) is 9.59 Å². The van der Waals surface area contributed by atoms with E-state index in [0.29, 0.717) is 0 Å². The molecule has 0 bridgehead atoms. The predicted molar refractivity (Wildman–Crippen MR) is 123 cm³/mol. The molecule has 162 valence electrons. The average molecular weight is 428 g/mol. The van der Waals surface area contributed by atoms with Crippen LogP contribution in [0.1, 0.15) is 11.7 Å². The third-order valence-corrected chi connectivity index (χ3v) is 5.43. The zero-order valence-electron chi connectivity index (χ0n) is 18.0. The summed E-state index contributed by atoms with van der Waals surface area (Å²) in [5.41, 5.74) is 3.03. The Kier molecular flexibility index (Phi) is 6.22. The average Bonchev–Trinajstić information content (AvgIpc) is 2.88. The fraction of sp³-hybridized carbons (Fsp3) is 0.154. The molecule has 0 aliphatic carbocycles. The zero-order chi connectivity index (χ0) is 22.5. The molecule has 6 heteroatoms. The van der Waals surface area contributed by atoms with Crippen LogP contribution >= 0.6 is 0 Å². The molecule has 0 spiro atoms. The van der Waals surface area contributed by atoms with E-state index in [1.807, 2.05) is 95.9 Å². The van der Waals surface area contributed by atoms with Gasteiger partial charge in [-0.2, -0.15) is 0 Å². The van der Waals surface area contributed by atoms with Gasteiger partial charge in [-0.1, -0.05) is 66.7 Å². The number of hydrogen-bond acceptors (Lipinski definition) is 6. The van der Waals surface area contributed by atoms with Gasteiger partial charge >= 0.3 is 11.9 Å². The van der Waals surface area contributed by atoms with Gasteiger partial charge in [0.05, 0.1) is 26.3 Å². The van der Waals surface area contributed by atoms with Crippen molar-refractivity contribution in [2.75, 3.05) is 30.6 Å². The lowest BCUT2D eigenvalue weighted by Crippen LogP contribution is -2.50. The molecule has 1 atom stereocenters. The molecule has 1 heterocycles. The second-order valence-electron chi connectivity index (χ2n) is 7.26. The van der Waals surface area contributed by atoms with Crippen molar-refractivity contribution in [1.82, 2.24) is 0 Å². The summed E-state index contributed by atoms with van der Waals surface area (Å²) >= 11 is 0. The Morgan fingerprint density at radius 2 is 1.22 bits per heavy atom. The highest BCUT2D eigenvalue weighted by Gasteiger charge is 2.42. The van der Waals surface area contributed by atoms with Crippen LogP contribution in [-0.4, -0.2) is 32.7 Å². The van der Waals surface area contributed by atoms with Gasteiger partial charge in [-0.3, -0.25) is 0 Å². The van der Waals surface area contributed by atoms with Gasteiger partial charge in [-0.15, -0.1) is 0 Å². The van der Waals surface area contributed by atoms with Gasteiger partial charge in [0.25, 0.3) is 0 Å². The quantitative estimate of drug-likeness (QED) is 0.565. The van der Waals surface area contributed by atoms with Crippen molar-refractivity contribution in [3.8, 4) is 0 Å². The number of hydrogen-bond donors (Lipinski definition) is 0. The van der Waals surface area contributed by atoms with Crippen LogP contribution in [0, 0.1) is 0 Å². The minimum Gasteiger partial charge on any atom is -0.466 e. The number of nitrogens with zero attached hydrogens (tertiary/aromatic N) is 2. The number of anilines is 2. The van der Waals surface area contributed by atoms with Crippen molar-refractivity contribution >= 4 is 23.3 Å². The van der Waals surface area contributed by atoms with E-state index < -0.39 is 18.1 Å². The Hall–Kier alpha value is -4.06. The molecule has 0 radical (unpaired) electrons. The highest BCUT2D eigenvalue weighted by molar-refractivity contribution is 6.04. The Morgan fingerprint density at radius 1 is 0.719 bits per heavy atom. The lowest BCUT2D eigenvalue weighted by atomic mass is 9.99. The molecule has 0 fully saturated rings. The normalized spacial score (nSPS) is 16.0. The predicted octanol–water partition coefficient (Wildman–Crippen LogP) is 4.31. The van der Waals surface area contributed by atoms with Crippen molar-refractivity contribution < 1.29 is 19.1 Å². The van der Waals surface area contributed by atoms with E-state index in [-0.39, 0.29) is 17.8 Å². The SMILES string of the molecule is COC(=O)C1=C(C(=O)OC)N(c2ccccc2)C(c2ccccc2)N(c2ccccc2)C1. The molecule has 3 aromatic carbocycles. The molecule has 4 rings (SSSR count). The highest BCUT2D eigenvalue weighted by Crippen LogP contribution is 2.41. The summed E-state index contributed by atoms with van der Waals surface area (Å²) in [6.45, 7) is 0.185. The summed E-state index contributed by atoms with van der Waals surface area (Å²) in [6, 6.07) is 29.2. The summed E-state index contributed by atoms with van der Waals surface area (Å²) < 4.78 is 10.2. The Bertz CT molecular complexity index is 1110. The van der Waals surface area contributed by atoms with E-state index in [1.54, 1.807) is 0 Å². The van der Waals surface area contributed by atoms with Gasteiger partial charge in [0.15, 0.2) is 0 Å². The van der Waals surface area contributed by atoms with Gasteiger partial charge in [-0.05, 0) is 29.8 Å². The van der Waals surface area contributed by atoms with E-state index in [0.717, 1.165) is 16.9 Å². The molecule has 0 aromatic heterocycles. The van der Waals surface area contributed by atoms with Crippen molar-refractivity contribution in [1.29, 1.82) is 0 Å². The first-order valence-corrected chi connectivity index (χ1v) is 10.3. The molecule has 32 heavy (non-hydrogen) atoms. The maximum absolute atomic E-state index is 13.1. The Morgan fingerprint density at radius 3 is 1.75 bits per heavy atom. The second-order valence-corrected chi connectivity index (χ2v) is 7.26. The van der Waals surface area contributed by atoms with Crippen molar-refractivity contribution in [2.24, 2.45) is 0 Å². The van der Waals surface area contributed by atoms with Gasteiger partial charge < -0.3 is 19.3 Å². The van der Waals surface area contributed by atoms with Crippen LogP contribution in [0.25, 0.3) is 0 Å². The number of para-hydroxylation sites is 2. The minimum atomic E-state index is -0.595. The fourth-order valence-electron chi connectivity index (χ4n) is 4.01. The Balaban J connectivity index is 2.03. The summed E-state index contributed by atoms with van der Waals surface area (Å²) in [4.78, 5) is 29.8. The summed E-state index contributed by atoms with van der Waals surface area (Å²) in [5.74, 6) is -1.17. The second kappa shape index (κ2) is 9.39. The number of esters is 2. The van der Waals surface area contributed by atoms with Crippen LogP contribution in [0.2, 0.25) is 0 Å². The standard InChI is InChI=1S/C26H24N2O4/c1-31-25(29)22-18-27(20-14-8-4-9-15-20)24(19-12-6-3-7-13-19)28(23(22)26(30)32-2)21-16-10-5-11-17-21/h3-17,24H,18H2,1-2H3. The number of benzene rings is 3. The Labute approximate surface area is 187 Å². The van der Waals surface area contributed by atoms with Crippen molar-refractivity contribution in [3.05, 3.63) is 108 Å². The monoisotopic (exact) mass is 428 g/mol. The van der Waals surface area contributed by atoms with E-state index in [9.17, 15) is 9.59 Å². The number of carbonyl (C=O) groups excluding carboxylic acids is 2. The van der Waals surface area contributed by atoms with Gasteiger partial charge in [0.1, 0.15) is 11.9 Å². The topological polar surface area (TPSA) is 59.1 Å². The molecule has 1 aliphatic heterocycles. The molecule has 6 nitrogen and oxygen atoms in total. The first-order valence-electron chi connectivity index (χ1n) is 10.3. The first kappa shape index (κ1) is 21.2. The lowest BCUT2D eigenvalue weighted by Gasteiger charge is -2.47. The summed E-state index contributed by atoms with van der Waals surface area (Å²) in [7, 11) is 2.63. The zero-order valence-corrected chi connectivity index (χ0v) is 18.0. The third-order valence-electron chi connectivity index (χ3n) is 5.43. The van der Waals surface area contributed by atoms with Crippen molar-refractivity contribution in [3.63, 3.8) is 0 Å². The molecule has 0 amide bonds. The fourth-order valence-corrected chi connectivity index (χ4v) is 4.01. The van der Waals surface area contributed by atoms with Crippen LogP contribution in [0.3, 0.4) is 0 Å². The highest BCUT2D eigenvalue weighted by atomic mass is 16.5. The summed E-state index contributed by atoms with van der Waals surface area (Å²) in [5, 5.41) is 0. The van der Waals surface area contributed by atoms with Crippen molar-refractivity contribution in [2.45, 2.75) is 6.17 Å². The molecule has 0 N–H and O–H groups in total. The molecule has 3 aromatic rings. The molecule has 1 unspecified atom stereocenters. The maximum Gasteiger partial charge on any atom is 0.355 e. The minimum absolute atomic E-state index is 0.173. The smallest absolute Gasteiger partial charge is 0.355 e. The van der Waals surface area contributed by atoms with Crippen LogP contribution in [0.5, 0.6) is 0 Å². The first-order chi connectivity index (χ1) is 15.7. The van der Waals surface area contributed by atoms with E-state index in [1.165, 1.54) is 14.2 Å². The van der Waals surface area contributed by atoms with Gasteiger partial charge in [0.2, 0.25) is 0 Å². The number of methoxy groups -OCH3 is 2. The largest absolute Gasteiger partial charge is 0.466 e. The van der Waals surface area contributed by atoms with Crippen LogP contribution in [0.4, 0.5) is 11.4 Å². The summed E-state index contributed by atoms with van der Waals surface area (Å²) in [6.07, 6.45) is -0.400. The van der Waals surface area contributed by atoms with Crippen LogP contribution in [0.15, 0.2) is 102 Å². The van der Waals surface area contributed by atoms with E-state index >= 15 is 0 Å². The number of carbonyl (C=O) groups is 2. The molecular formula is C26H24N2O4. The molecule has 1 aliphatic rings. The lowest BCUT2D eigenvalue weighted by molar-refractivity contribution is -0.139. The number of ether oxygens (including phenoxy) is 2. The maximum atomic E-state index is 13.1. The third kappa shape index (κ3) is 3.95. The molecule has 0 saturated carbocycles. The molecule has 0 saturated heterocycles. The van der Waals surface area contributed by atoms with Gasteiger partial charge in [0, 0.05) is 11.4 Å². The van der Waals surface area contributed by atoms with E-state index in [2.05, 4.69) is 4.90 Å². The number of rotatable bonds is 5. The van der Waals surface area contributed by atoms with Crippen LogP contribution in [-0.2, 0) is 19.1 Å². The molecular weight excluding hydrogens is 404 g/mol. The van der Waals surface area contributed by atoms with E-state index in [4.69, 9.17) is 9.47 Å². The van der Waals surface area contributed by atoms with Crippen LogP contribution < -0.4 is 9.80 Å².